The second kappa shape index (κ2) is 2.97. The lowest BCUT2D eigenvalue weighted by Gasteiger charge is -1.82. The Hall–Kier alpha value is -1.18. The van der Waals surface area contributed by atoms with Crippen LogP contribution in [0.3, 0.4) is 0 Å². The zero-order chi connectivity index (χ0) is 6.53. The summed E-state index contributed by atoms with van der Waals surface area (Å²) in [7, 11) is 0. The van der Waals surface area contributed by atoms with Gasteiger partial charge in [0.25, 0.3) is 0 Å². The van der Waals surface area contributed by atoms with Gasteiger partial charge in [-0.25, -0.2) is 0 Å². The van der Waals surface area contributed by atoms with Crippen LogP contribution in [0.25, 0.3) is 0 Å². The quantitative estimate of drug-likeness (QED) is 0.530. The molecule has 0 fully saturated rings. The van der Waals surface area contributed by atoms with Gasteiger partial charge in [-0.3, -0.25) is 0 Å². The third kappa shape index (κ3) is 2.04. The molecule has 9 heavy (non-hydrogen) atoms. The molecular weight excluding hydrogens is 116 g/mol. The molecule has 2 nitrogen and oxygen atoms in total. The Morgan fingerprint density at radius 1 is 1.22 bits per heavy atom. The summed E-state index contributed by atoms with van der Waals surface area (Å²) in [6.07, 6.45) is 4.56. The topological polar surface area (TPSA) is 26.3 Å². The molecule has 0 spiro atoms. The van der Waals surface area contributed by atoms with E-state index in [0.29, 0.717) is 0 Å². The van der Waals surface area contributed by atoms with Crippen molar-refractivity contribution in [1.82, 2.24) is 0 Å². The van der Waals surface area contributed by atoms with E-state index in [1.165, 1.54) is 12.5 Å². The molecule has 0 unspecified atom stereocenters. The Kier molecular flexibility index (Phi) is 1.96. The fourth-order valence-electron chi connectivity index (χ4n) is 0.472. The highest BCUT2D eigenvalue weighted by Gasteiger charge is 1.73. The van der Waals surface area contributed by atoms with E-state index in [1.54, 1.807) is 12.3 Å². The molecule has 0 radical (unpaired) electrons. The van der Waals surface area contributed by atoms with Crippen LogP contribution in [0, 0.1) is 6.92 Å². The zero-order valence-corrected chi connectivity index (χ0v) is 5.20. The van der Waals surface area contributed by atoms with E-state index in [-0.39, 0.29) is 0 Å². The van der Waals surface area contributed by atoms with E-state index in [9.17, 15) is 0 Å². The van der Waals surface area contributed by atoms with Crippen LogP contribution in [0.5, 0.6) is 0 Å². The van der Waals surface area contributed by atoms with Crippen molar-refractivity contribution < 1.29 is 8.83 Å². The molecule has 0 aromatic carbocycles. The second-order valence-corrected chi connectivity index (χ2v) is 1.63. The lowest BCUT2D eigenvalue weighted by Crippen LogP contribution is -1.61. The molecule has 0 aliphatic heterocycles. The largest absolute Gasteiger partial charge is 0.469 e. The van der Waals surface area contributed by atoms with Gasteiger partial charge in [0.15, 0.2) is 0 Å². The molecule has 0 amide bonds. The number of rotatable bonds is 0. The van der Waals surface area contributed by atoms with Gasteiger partial charge in [0, 0.05) is 0 Å². The summed E-state index contributed by atoms with van der Waals surface area (Å²) < 4.78 is 9.78. The van der Waals surface area contributed by atoms with E-state index in [4.69, 9.17) is 8.83 Å². The van der Waals surface area contributed by atoms with Gasteiger partial charge in [-0.05, 0) is 19.1 Å². The average Bonchev–Trinajstić information content (AvgIpc) is 1.79. The molecule has 1 heterocycles. The van der Waals surface area contributed by atoms with Gasteiger partial charge in [0.1, 0.15) is 18.3 Å². The van der Waals surface area contributed by atoms with E-state index in [0.717, 1.165) is 5.76 Å². The maximum absolute atomic E-state index is 4.99. The smallest absolute Gasteiger partial charge is 0.126 e. The summed E-state index contributed by atoms with van der Waals surface area (Å²) in [5.74, 6) is 0.853. The first-order chi connectivity index (χ1) is 4.39. The Balaban J connectivity index is 3.08. The fourth-order valence-corrected chi connectivity index (χ4v) is 0.472. The molecule has 0 aliphatic rings. The number of hydrogen-bond donors (Lipinski definition) is 0. The van der Waals surface area contributed by atoms with Gasteiger partial charge >= 0.3 is 0 Å². The highest BCUT2D eigenvalue weighted by molar-refractivity contribution is 4.89. The predicted octanol–water partition coefficient (Wildman–Crippen LogP) is 2.31. The third-order valence-corrected chi connectivity index (χ3v) is 0.876. The minimum absolute atomic E-state index is 0.853. The summed E-state index contributed by atoms with van der Waals surface area (Å²) in [5.41, 5.74) is 0. The first-order valence-corrected chi connectivity index (χ1v) is 2.70. The minimum Gasteiger partial charge on any atom is -0.469 e. The van der Waals surface area contributed by atoms with Crippen LogP contribution >= 0.6 is 0 Å². The standard InChI is InChI=1S/C7H8O2/c1-7-3-2-4-8-5-6-9-7/h2-6H,1H3. The normalized spacial score (nSPS) is 8.56. The monoisotopic (exact) mass is 124 g/mol. The third-order valence-electron chi connectivity index (χ3n) is 0.876. The molecule has 0 atom stereocenters. The van der Waals surface area contributed by atoms with Crippen LogP contribution in [0.4, 0.5) is 0 Å². The Morgan fingerprint density at radius 3 is 3.00 bits per heavy atom. The summed E-state index contributed by atoms with van der Waals surface area (Å²) in [4.78, 5) is 0. The van der Waals surface area contributed by atoms with Gasteiger partial charge in [-0.15, -0.1) is 0 Å². The van der Waals surface area contributed by atoms with Crippen LogP contribution in [-0.2, 0) is 0 Å². The van der Waals surface area contributed by atoms with Crippen molar-refractivity contribution in [3.8, 4) is 0 Å². The van der Waals surface area contributed by atoms with Crippen molar-refractivity contribution in [2.45, 2.75) is 6.92 Å². The molecule has 1 aromatic heterocycles. The maximum Gasteiger partial charge on any atom is 0.126 e. The lowest BCUT2D eigenvalue weighted by molar-refractivity contribution is 0.473. The molecule has 1 aromatic rings. The van der Waals surface area contributed by atoms with Gasteiger partial charge < -0.3 is 8.83 Å². The number of aryl methyl sites for hydroxylation is 1. The summed E-state index contributed by atoms with van der Waals surface area (Å²) >= 11 is 0. The van der Waals surface area contributed by atoms with Crippen molar-refractivity contribution in [2.75, 3.05) is 0 Å². The van der Waals surface area contributed by atoms with E-state index < -0.39 is 0 Å². The first-order valence-electron chi connectivity index (χ1n) is 2.70. The molecule has 0 N–H and O–H groups in total. The van der Waals surface area contributed by atoms with Crippen molar-refractivity contribution in [1.29, 1.82) is 0 Å². The molecule has 0 bridgehead atoms. The molecule has 1 rings (SSSR count). The summed E-state index contributed by atoms with van der Waals surface area (Å²) in [6, 6.07) is 3.60. The van der Waals surface area contributed by atoms with Crippen LogP contribution in [0.2, 0.25) is 0 Å². The van der Waals surface area contributed by atoms with Crippen molar-refractivity contribution >= 4 is 0 Å². The molecule has 48 valence electrons. The maximum atomic E-state index is 4.99. The molecule has 2 heteroatoms. The highest BCUT2D eigenvalue weighted by Crippen LogP contribution is 1.90. The van der Waals surface area contributed by atoms with Gasteiger partial charge in [-0.2, -0.15) is 0 Å². The SMILES string of the molecule is Cc1cccocco1. The van der Waals surface area contributed by atoms with Crippen LogP contribution in [0.15, 0.2) is 39.8 Å². The number of hydrogen-bond acceptors (Lipinski definition) is 2. The van der Waals surface area contributed by atoms with Crippen molar-refractivity contribution in [3.63, 3.8) is 0 Å². The lowest BCUT2D eigenvalue weighted by atomic mass is 10.5. The molecular formula is C7H8O2. The second-order valence-electron chi connectivity index (χ2n) is 1.63. The van der Waals surface area contributed by atoms with Crippen molar-refractivity contribution in [3.05, 3.63) is 36.7 Å². The Morgan fingerprint density at radius 2 is 2.11 bits per heavy atom. The Labute approximate surface area is 53.4 Å². The molecule has 0 saturated heterocycles. The summed E-state index contributed by atoms with van der Waals surface area (Å²) in [5, 5.41) is 0. The van der Waals surface area contributed by atoms with Gasteiger partial charge in [0.2, 0.25) is 0 Å². The molecule has 0 saturated carbocycles. The predicted molar refractivity (Wildman–Crippen MR) is 33.3 cm³/mol. The zero-order valence-electron chi connectivity index (χ0n) is 5.20. The summed E-state index contributed by atoms with van der Waals surface area (Å²) in [6.45, 7) is 1.88. The average molecular weight is 124 g/mol. The van der Waals surface area contributed by atoms with Gasteiger partial charge in [0.05, 0.1) is 6.26 Å². The van der Waals surface area contributed by atoms with Crippen LogP contribution in [0.1, 0.15) is 5.76 Å². The van der Waals surface area contributed by atoms with Crippen molar-refractivity contribution in [2.24, 2.45) is 0 Å². The Bertz CT molecular complexity index is 189. The van der Waals surface area contributed by atoms with Gasteiger partial charge in [-0.1, -0.05) is 0 Å². The van der Waals surface area contributed by atoms with Crippen LogP contribution in [-0.4, -0.2) is 0 Å². The fraction of sp³-hybridized carbons (Fsp3) is 0.143. The highest BCUT2D eigenvalue weighted by atomic mass is 16.4. The first kappa shape index (κ1) is 5.95. The van der Waals surface area contributed by atoms with E-state index >= 15 is 0 Å². The van der Waals surface area contributed by atoms with E-state index in [2.05, 4.69) is 0 Å². The minimum atomic E-state index is 0.853. The molecule has 0 aliphatic carbocycles. The van der Waals surface area contributed by atoms with E-state index in [1.807, 2.05) is 13.0 Å². The van der Waals surface area contributed by atoms with Crippen LogP contribution < -0.4 is 0 Å².